The van der Waals surface area contributed by atoms with Gasteiger partial charge in [-0.25, -0.2) is 9.79 Å². The lowest BCUT2D eigenvalue weighted by molar-refractivity contribution is -0.134. The summed E-state index contributed by atoms with van der Waals surface area (Å²) in [4.78, 5) is 14.8. The molecule has 1 aromatic rings. The zero-order chi connectivity index (χ0) is 10.4. The van der Waals surface area contributed by atoms with Crippen LogP contribution in [0.3, 0.4) is 0 Å². The van der Waals surface area contributed by atoms with Crippen molar-refractivity contribution in [3.05, 3.63) is 29.3 Å². The van der Waals surface area contributed by atoms with Crippen LogP contribution in [0.15, 0.2) is 29.3 Å². The van der Waals surface area contributed by atoms with E-state index in [1.807, 2.05) is 0 Å². The Morgan fingerprint density at radius 2 is 2.14 bits per heavy atom. The molecule has 0 unspecified atom stereocenters. The minimum absolute atomic E-state index is 0.353. The van der Waals surface area contributed by atoms with E-state index in [4.69, 9.17) is 11.6 Å². The Morgan fingerprint density at radius 3 is 2.71 bits per heavy atom. The molecule has 3 nitrogen and oxygen atoms in total. The number of benzene rings is 1. The lowest BCUT2D eigenvalue weighted by Gasteiger charge is -1.95. The van der Waals surface area contributed by atoms with Gasteiger partial charge in [0.15, 0.2) is 0 Å². The topological polar surface area (TPSA) is 38.7 Å². The van der Waals surface area contributed by atoms with E-state index < -0.39 is 5.97 Å². The molecule has 0 amide bonds. The van der Waals surface area contributed by atoms with Crippen LogP contribution in [-0.2, 0) is 9.53 Å². The summed E-state index contributed by atoms with van der Waals surface area (Å²) in [6.45, 7) is 2.10. The van der Waals surface area contributed by atoms with Crippen molar-refractivity contribution in [1.29, 1.82) is 0 Å². The first-order chi connectivity index (χ1) is 6.72. The zero-order valence-corrected chi connectivity index (χ0v) is 8.49. The van der Waals surface area contributed by atoms with Crippen molar-refractivity contribution >= 4 is 29.5 Å². The molecule has 0 bridgehead atoms. The monoisotopic (exact) mass is 211 g/mol. The second-order valence-corrected chi connectivity index (χ2v) is 2.92. The summed E-state index contributed by atoms with van der Waals surface area (Å²) in [6.07, 6.45) is 1.15. The van der Waals surface area contributed by atoms with E-state index in [1.54, 1.807) is 31.2 Å². The van der Waals surface area contributed by atoms with Gasteiger partial charge in [0.2, 0.25) is 0 Å². The average molecular weight is 212 g/mol. The van der Waals surface area contributed by atoms with E-state index in [-0.39, 0.29) is 0 Å². The zero-order valence-electron chi connectivity index (χ0n) is 7.74. The van der Waals surface area contributed by atoms with E-state index >= 15 is 0 Å². The normalized spacial score (nSPS) is 10.4. The molecule has 0 heterocycles. The number of halogens is 1. The molecule has 0 atom stereocenters. The Morgan fingerprint density at radius 1 is 1.50 bits per heavy atom. The van der Waals surface area contributed by atoms with Crippen LogP contribution < -0.4 is 0 Å². The summed E-state index contributed by atoms with van der Waals surface area (Å²) in [6, 6.07) is 6.86. The van der Waals surface area contributed by atoms with Crippen LogP contribution in [0.25, 0.3) is 0 Å². The van der Waals surface area contributed by atoms with E-state index in [1.165, 1.54) is 0 Å². The van der Waals surface area contributed by atoms with E-state index in [9.17, 15) is 4.79 Å². The molecule has 0 fully saturated rings. The largest absolute Gasteiger partial charge is 0.462 e. The van der Waals surface area contributed by atoms with Crippen molar-refractivity contribution in [2.24, 2.45) is 4.99 Å². The van der Waals surface area contributed by atoms with Crippen LogP contribution in [0.1, 0.15) is 6.92 Å². The fourth-order valence-corrected chi connectivity index (χ4v) is 0.960. The average Bonchev–Trinajstić information content (AvgIpc) is 2.17. The Kier molecular flexibility index (Phi) is 4.13. The molecule has 74 valence electrons. The van der Waals surface area contributed by atoms with Crippen molar-refractivity contribution in [1.82, 2.24) is 0 Å². The fraction of sp³-hybridized carbons (Fsp3) is 0.200. The van der Waals surface area contributed by atoms with Crippen LogP contribution in [0.5, 0.6) is 0 Å². The van der Waals surface area contributed by atoms with Gasteiger partial charge in [-0.1, -0.05) is 11.6 Å². The van der Waals surface area contributed by atoms with Crippen LogP contribution in [0, 0.1) is 0 Å². The SMILES string of the molecule is CCOC(=O)C=Nc1ccc(Cl)cc1. The highest BCUT2D eigenvalue weighted by molar-refractivity contribution is 6.30. The van der Waals surface area contributed by atoms with Gasteiger partial charge in [0.05, 0.1) is 12.3 Å². The molecular formula is C10H10ClNO2. The Labute approximate surface area is 87.4 Å². The number of esters is 1. The lowest BCUT2D eigenvalue weighted by atomic mass is 10.3. The molecule has 4 heteroatoms. The number of ether oxygens (including phenoxy) is 1. The van der Waals surface area contributed by atoms with E-state index in [0.717, 1.165) is 6.21 Å². The number of rotatable bonds is 3. The van der Waals surface area contributed by atoms with E-state index in [0.29, 0.717) is 17.3 Å². The molecule has 0 N–H and O–H groups in total. The van der Waals surface area contributed by atoms with Gasteiger partial charge in [-0.05, 0) is 31.2 Å². The standard InChI is InChI=1S/C10H10ClNO2/c1-2-14-10(13)7-12-9-5-3-8(11)4-6-9/h3-7H,2H2,1H3. The quantitative estimate of drug-likeness (QED) is 0.570. The van der Waals surface area contributed by atoms with Gasteiger partial charge >= 0.3 is 5.97 Å². The van der Waals surface area contributed by atoms with Gasteiger partial charge in [0.1, 0.15) is 6.21 Å². The van der Waals surface area contributed by atoms with Crippen LogP contribution >= 0.6 is 11.6 Å². The van der Waals surface area contributed by atoms with Crippen molar-refractivity contribution in [3.8, 4) is 0 Å². The molecule has 0 aliphatic carbocycles. The summed E-state index contributed by atoms with van der Waals surface area (Å²) in [5.41, 5.74) is 0.669. The van der Waals surface area contributed by atoms with E-state index in [2.05, 4.69) is 9.73 Å². The van der Waals surface area contributed by atoms with Crippen LogP contribution in [0.2, 0.25) is 5.02 Å². The third-order valence-electron chi connectivity index (χ3n) is 1.43. The Hall–Kier alpha value is -1.35. The molecule has 0 aliphatic rings. The molecule has 0 aromatic heterocycles. The maximum absolute atomic E-state index is 10.9. The second kappa shape index (κ2) is 5.40. The number of hydrogen-bond acceptors (Lipinski definition) is 3. The number of nitrogens with zero attached hydrogens (tertiary/aromatic N) is 1. The first kappa shape index (κ1) is 10.7. The number of aliphatic imine (C=N–C) groups is 1. The molecular weight excluding hydrogens is 202 g/mol. The van der Waals surface area contributed by atoms with Gasteiger partial charge in [0, 0.05) is 5.02 Å². The third-order valence-corrected chi connectivity index (χ3v) is 1.68. The van der Waals surface area contributed by atoms with Gasteiger partial charge in [0.25, 0.3) is 0 Å². The molecule has 1 rings (SSSR count). The van der Waals surface area contributed by atoms with Crippen molar-refractivity contribution in [2.45, 2.75) is 6.92 Å². The Balaban J connectivity index is 2.60. The molecule has 0 radical (unpaired) electrons. The summed E-state index contributed by atoms with van der Waals surface area (Å²) < 4.78 is 4.67. The first-order valence-electron chi connectivity index (χ1n) is 4.18. The summed E-state index contributed by atoms with van der Waals surface area (Å²) >= 11 is 5.68. The van der Waals surface area contributed by atoms with Gasteiger partial charge < -0.3 is 4.74 Å². The van der Waals surface area contributed by atoms with Gasteiger partial charge in [-0.2, -0.15) is 0 Å². The minimum atomic E-state index is -0.442. The third kappa shape index (κ3) is 3.58. The second-order valence-electron chi connectivity index (χ2n) is 2.49. The molecule has 0 spiro atoms. The Bertz CT molecular complexity index is 332. The first-order valence-corrected chi connectivity index (χ1v) is 4.56. The van der Waals surface area contributed by atoms with Gasteiger partial charge in [-0.15, -0.1) is 0 Å². The predicted molar refractivity (Wildman–Crippen MR) is 56.2 cm³/mol. The highest BCUT2D eigenvalue weighted by Crippen LogP contribution is 2.15. The smallest absolute Gasteiger partial charge is 0.349 e. The molecule has 1 aromatic carbocycles. The van der Waals surface area contributed by atoms with Crippen molar-refractivity contribution in [2.75, 3.05) is 6.61 Å². The fourth-order valence-electron chi connectivity index (χ4n) is 0.834. The molecule has 0 saturated carbocycles. The maximum atomic E-state index is 10.9. The predicted octanol–water partition coefficient (Wildman–Crippen LogP) is 2.61. The number of carbonyl (C=O) groups excluding carboxylic acids is 1. The minimum Gasteiger partial charge on any atom is -0.462 e. The van der Waals surface area contributed by atoms with Crippen LogP contribution in [0.4, 0.5) is 5.69 Å². The highest BCUT2D eigenvalue weighted by atomic mass is 35.5. The van der Waals surface area contributed by atoms with Crippen LogP contribution in [-0.4, -0.2) is 18.8 Å². The van der Waals surface area contributed by atoms with Crippen molar-refractivity contribution in [3.63, 3.8) is 0 Å². The molecule has 14 heavy (non-hydrogen) atoms. The molecule has 0 saturated heterocycles. The maximum Gasteiger partial charge on any atom is 0.349 e. The van der Waals surface area contributed by atoms with Crippen molar-refractivity contribution < 1.29 is 9.53 Å². The highest BCUT2D eigenvalue weighted by Gasteiger charge is 1.94. The summed E-state index contributed by atoms with van der Waals surface area (Å²) in [5.74, 6) is -0.442. The number of carbonyl (C=O) groups is 1. The summed E-state index contributed by atoms with van der Waals surface area (Å²) in [5, 5.41) is 0.639. The number of hydrogen-bond donors (Lipinski definition) is 0. The van der Waals surface area contributed by atoms with Gasteiger partial charge in [-0.3, -0.25) is 0 Å². The lowest BCUT2D eigenvalue weighted by Crippen LogP contribution is -2.04. The summed E-state index contributed by atoms with van der Waals surface area (Å²) in [7, 11) is 0. The molecule has 0 aliphatic heterocycles.